The second-order valence-electron chi connectivity index (χ2n) is 10.6. The molecule has 1 N–H and O–H groups in total. The molecule has 0 atom stereocenters. The Morgan fingerprint density at radius 2 is 1.63 bits per heavy atom. The fourth-order valence-electron chi connectivity index (χ4n) is 5.30. The molecule has 1 saturated heterocycles. The minimum atomic E-state index is -0.147. The molecule has 3 rings (SSSR count). The maximum Gasteiger partial charge on any atom is 0.409 e. The van der Waals surface area contributed by atoms with Gasteiger partial charge in [-0.25, -0.2) is 4.79 Å². The Morgan fingerprint density at radius 3 is 2.34 bits per heavy atom. The zero-order valence-electron chi connectivity index (χ0n) is 23.9. The Bertz CT molecular complexity index is 985. The molecule has 0 radical (unpaired) electrons. The number of ether oxygens (including phenoxy) is 2. The number of benzene rings is 1. The van der Waals surface area contributed by atoms with Gasteiger partial charge in [-0.15, -0.1) is 0 Å². The van der Waals surface area contributed by atoms with Gasteiger partial charge in [0.15, 0.2) is 0 Å². The topological polar surface area (TPSA) is 54.6 Å². The van der Waals surface area contributed by atoms with E-state index in [1.165, 1.54) is 68.7 Å². The maximum absolute atomic E-state index is 12.5. The number of fused-ring (bicyclic) bond motifs is 1. The predicted molar refractivity (Wildman–Crippen MR) is 159 cm³/mol. The summed E-state index contributed by atoms with van der Waals surface area (Å²) in [5.41, 5.74) is 2.46. The van der Waals surface area contributed by atoms with Gasteiger partial charge in [0, 0.05) is 30.2 Å². The predicted octanol–water partition coefficient (Wildman–Crippen LogP) is 9.31. The van der Waals surface area contributed by atoms with Crippen molar-refractivity contribution in [2.24, 2.45) is 0 Å². The number of rotatable bonds is 17. The summed E-state index contributed by atoms with van der Waals surface area (Å²) in [6.45, 7) is 4.30. The lowest BCUT2D eigenvalue weighted by atomic mass is 9.89. The second-order valence-corrected chi connectivity index (χ2v) is 10.6. The molecule has 0 saturated carbocycles. The second kappa shape index (κ2) is 17.8. The van der Waals surface area contributed by atoms with Crippen molar-refractivity contribution in [3.05, 3.63) is 54.3 Å². The van der Waals surface area contributed by atoms with Gasteiger partial charge in [-0.05, 0) is 81.0 Å². The average Bonchev–Trinajstić information content (AvgIpc) is 3.38. The van der Waals surface area contributed by atoms with Gasteiger partial charge in [0.25, 0.3) is 0 Å². The van der Waals surface area contributed by atoms with E-state index in [2.05, 4.69) is 54.5 Å². The molecule has 5 heteroatoms. The first kappa shape index (κ1) is 29.9. The molecule has 1 aliphatic rings. The molecule has 210 valence electrons. The van der Waals surface area contributed by atoms with Crippen LogP contribution in [0.5, 0.6) is 5.75 Å². The third kappa shape index (κ3) is 10.2. The number of H-pyrrole nitrogens is 1. The van der Waals surface area contributed by atoms with Crippen LogP contribution in [0.25, 0.3) is 10.9 Å². The van der Waals surface area contributed by atoms with Crippen LogP contribution in [0.3, 0.4) is 0 Å². The normalized spacial score (nSPS) is 14.7. The highest BCUT2D eigenvalue weighted by Crippen LogP contribution is 2.34. The number of unbranched alkanes of at least 4 members (excludes halogenated alkanes) is 9. The number of carbonyl (C=O) groups is 1. The minimum absolute atomic E-state index is 0.147. The number of amides is 1. The zero-order valence-corrected chi connectivity index (χ0v) is 23.9. The molecular formula is C33H50N2O3. The number of aromatic amines is 1. The van der Waals surface area contributed by atoms with Crippen LogP contribution in [-0.2, 0) is 4.74 Å². The molecule has 1 aliphatic heterocycles. The summed E-state index contributed by atoms with van der Waals surface area (Å²) in [5.74, 6) is 1.33. The molecule has 0 spiro atoms. The van der Waals surface area contributed by atoms with Crippen LogP contribution in [0.15, 0.2) is 48.7 Å². The van der Waals surface area contributed by atoms with E-state index in [1.807, 2.05) is 11.0 Å². The number of hydrogen-bond acceptors (Lipinski definition) is 3. The molecule has 5 nitrogen and oxygen atoms in total. The number of methoxy groups -OCH3 is 1. The van der Waals surface area contributed by atoms with Crippen molar-refractivity contribution in [2.75, 3.05) is 26.8 Å². The fourth-order valence-corrected chi connectivity index (χ4v) is 5.30. The highest BCUT2D eigenvalue weighted by Gasteiger charge is 2.26. The summed E-state index contributed by atoms with van der Waals surface area (Å²) in [6, 6.07) is 6.16. The van der Waals surface area contributed by atoms with Gasteiger partial charge in [-0.2, -0.15) is 0 Å². The lowest BCUT2D eigenvalue weighted by Crippen LogP contribution is -2.38. The van der Waals surface area contributed by atoms with Crippen LogP contribution < -0.4 is 4.74 Å². The van der Waals surface area contributed by atoms with Crippen LogP contribution in [0, 0.1) is 0 Å². The van der Waals surface area contributed by atoms with Crippen LogP contribution in [0.2, 0.25) is 0 Å². The van der Waals surface area contributed by atoms with Crippen LogP contribution >= 0.6 is 0 Å². The number of carbonyl (C=O) groups excluding carboxylic acids is 1. The molecular weight excluding hydrogens is 472 g/mol. The minimum Gasteiger partial charge on any atom is -0.497 e. The van der Waals surface area contributed by atoms with Gasteiger partial charge in [-0.3, -0.25) is 0 Å². The van der Waals surface area contributed by atoms with E-state index in [4.69, 9.17) is 9.47 Å². The first-order valence-corrected chi connectivity index (χ1v) is 15.1. The third-order valence-electron chi connectivity index (χ3n) is 7.68. The van der Waals surface area contributed by atoms with Gasteiger partial charge in [0.2, 0.25) is 0 Å². The van der Waals surface area contributed by atoms with Gasteiger partial charge >= 0.3 is 6.09 Å². The van der Waals surface area contributed by atoms with Gasteiger partial charge in [0.1, 0.15) is 5.75 Å². The fraction of sp³-hybridized carbons (Fsp3) is 0.606. The van der Waals surface area contributed by atoms with Crippen molar-refractivity contribution in [3.63, 3.8) is 0 Å². The Hall–Kier alpha value is -2.69. The van der Waals surface area contributed by atoms with Crippen molar-refractivity contribution >= 4 is 17.0 Å². The number of piperidine rings is 1. The maximum atomic E-state index is 12.5. The smallest absolute Gasteiger partial charge is 0.409 e. The number of likely N-dealkylation sites (tertiary alicyclic amines) is 1. The number of aromatic nitrogens is 1. The van der Waals surface area contributed by atoms with Crippen molar-refractivity contribution in [1.82, 2.24) is 9.88 Å². The monoisotopic (exact) mass is 522 g/mol. The summed E-state index contributed by atoms with van der Waals surface area (Å²) in [7, 11) is 1.70. The first-order valence-electron chi connectivity index (χ1n) is 15.1. The van der Waals surface area contributed by atoms with E-state index >= 15 is 0 Å². The Morgan fingerprint density at radius 1 is 0.947 bits per heavy atom. The summed E-state index contributed by atoms with van der Waals surface area (Å²) >= 11 is 0. The van der Waals surface area contributed by atoms with E-state index in [0.717, 1.165) is 56.5 Å². The molecule has 0 aliphatic carbocycles. The first-order chi connectivity index (χ1) is 18.7. The molecule has 2 heterocycles. The van der Waals surface area contributed by atoms with E-state index in [9.17, 15) is 4.79 Å². The molecule has 0 bridgehead atoms. The lowest BCUT2D eigenvalue weighted by molar-refractivity contribution is 0.0912. The van der Waals surface area contributed by atoms with Crippen LogP contribution in [0.1, 0.15) is 108 Å². The SMILES string of the molecule is CCCCC/C=C\C/C=C\CCCCCCCCOC(=O)N1CCC(c2c[nH]c3ccc(OC)cc23)CC1. The Labute approximate surface area is 230 Å². The largest absolute Gasteiger partial charge is 0.497 e. The third-order valence-corrected chi connectivity index (χ3v) is 7.68. The lowest BCUT2D eigenvalue weighted by Gasteiger charge is -2.31. The van der Waals surface area contributed by atoms with Crippen molar-refractivity contribution in [1.29, 1.82) is 0 Å². The number of allylic oxidation sites excluding steroid dienone is 4. The highest BCUT2D eigenvalue weighted by molar-refractivity contribution is 5.85. The number of nitrogens with zero attached hydrogens (tertiary/aromatic N) is 1. The highest BCUT2D eigenvalue weighted by atomic mass is 16.6. The van der Waals surface area contributed by atoms with E-state index in [-0.39, 0.29) is 6.09 Å². The molecule has 1 aromatic carbocycles. The Balaban J connectivity index is 1.18. The number of nitrogens with one attached hydrogen (secondary N) is 1. The summed E-state index contributed by atoms with van der Waals surface area (Å²) < 4.78 is 11.0. The standard InChI is InChI=1S/C33H50N2O3/c1-3-4-5-6-7-8-9-10-11-12-13-14-15-16-17-18-25-38-33(36)35-23-21-28(22-24-35)31-27-34-32-20-19-29(37-2)26-30(31)32/h7-8,10-11,19-20,26-28,34H,3-6,9,12-18,21-25H2,1-2H3/b8-7-,11-10-. The van der Waals surface area contributed by atoms with E-state index in [1.54, 1.807) is 7.11 Å². The van der Waals surface area contributed by atoms with Crippen molar-refractivity contribution in [3.8, 4) is 5.75 Å². The number of hydrogen-bond donors (Lipinski definition) is 1. The quantitative estimate of drug-likeness (QED) is 0.166. The van der Waals surface area contributed by atoms with E-state index in [0.29, 0.717) is 12.5 Å². The summed E-state index contributed by atoms with van der Waals surface area (Å²) in [4.78, 5) is 17.8. The van der Waals surface area contributed by atoms with Gasteiger partial charge in [0.05, 0.1) is 13.7 Å². The Kier molecular flexibility index (Phi) is 13.9. The van der Waals surface area contributed by atoms with E-state index < -0.39 is 0 Å². The van der Waals surface area contributed by atoms with Crippen molar-refractivity contribution < 1.29 is 14.3 Å². The molecule has 2 aromatic rings. The van der Waals surface area contributed by atoms with Gasteiger partial charge in [-0.1, -0.05) is 69.8 Å². The van der Waals surface area contributed by atoms with Crippen LogP contribution in [-0.4, -0.2) is 42.8 Å². The van der Waals surface area contributed by atoms with Crippen LogP contribution in [0.4, 0.5) is 4.79 Å². The van der Waals surface area contributed by atoms with Gasteiger partial charge < -0.3 is 19.4 Å². The molecule has 0 unspecified atom stereocenters. The zero-order chi connectivity index (χ0) is 26.8. The summed E-state index contributed by atoms with van der Waals surface area (Å²) in [6.07, 6.45) is 27.7. The summed E-state index contributed by atoms with van der Waals surface area (Å²) in [5, 5.41) is 1.22. The molecule has 38 heavy (non-hydrogen) atoms. The average molecular weight is 523 g/mol. The van der Waals surface area contributed by atoms with Crippen molar-refractivity contribution in [2.45, 2.75) is 103 Å². The molecule has 1 fully saturated rings. The molecule has 1 amide bonds. The molecule has 1 aromatic heterocycles.